The maximum atomic E-state index is 14.7. The van der Waals surface area contributed by atoms with E-state index in [1.807, 2.05) is 4.90 Å². The molecular formula is C74H114N8O22. The zero-order valence-electron chi connectivity index (χ0n) is 61.2. The number of hydrogen-bond donors (Lipinski definition) is 6. The quantitative estimate of drug-likeness (QED) is 0.0543. The van der Waals surface area contributed by atoms with Crippen LogP contribution in [0.2, 0.25) is 0 Å². The van der Waals surface area contributed by atoms with E-state index in [4.69, 9.17) is 67.3 Å². The summed E-state index contributed by atoms with van der Waals surface area (Å²) in [6.45, 7) is 18.8. The van der Waals surface area contributed by atoms with Crippen molar-refractivity contribution < 1.29 is 105 Å². The number of imide groups is 1. The van der Waals surface area contributed by atoms with E-state index in [0.717, 1.165) is 48.2 Å². The molecule has 1 spiro atoms. The monoisotopic (exact) mass is 1470 g/mol. The standard InChI is InChI=1S/C74H114N8O22/c1-43(2)64(79-60(85)18-22-80-23-27-93-31-33-95-29-25-81(26-30-96-34-32-94-28-24-80)61(86)10-8-21-82-62(87)15-16-63(82)88)72(90)78-53(9-7-20-76-73(75)91)71(89)77-42-48(84)39-58-65(92-6)52-38-47(83)37-50-12-14-55-66(99-50)70-69-68(101-55)67-59(102-69)41-74(103-67,104-70)19-17-51-36-45(4)54(97-51)13-11-49-35-44(3)46(5)56(98-49)40-57(52)100-58/h15-16,43-44,48-59,64-70,84H,4-5,7-14,17-42H2,1-3,6H3,(H,77,89)(H,78,90)(H,79,85)(H3,75,76,91)/t44-,48+,49+,50-,51+,52+,53+,54+,55+,56-,57+,58-,59-,64+,65-,66+,67+,68?,69?,70+,74+/m1/s1. The van der Waals surface area contributed by atoms with E-state index in [0.29, 0.717) is 84.5 Å². The molecule has 11 fully saturated rings. The molecule has 582 valence electrons. The lowest BCUT2D eigenvalue weighted by atomic mass is 9.81. The number of hydrogen-bond acceptors (Lipinski definition) is 23. The lowest BCUT2D eigenvalue weighted by molar-refractivity contribution is -0.292. The molecule has 30 heteroatoms. The predicted octanol–water partition coefficient (Wildman–Crippen LogP) is 1.98. The lowest BCUT2D eigenvalue weighted by Crippen LogP contribution is -2.61. The Labute approximate surface area is 610 Å². The normalized spacial score (nSPS) is 35.7. The number of aliphatic hydroxyl groups excluding tert-OH is 1. The summed E-state index contributed by atoms with van der Waals surface area (Å²) in [6, 6.07) is -2.97. The van der Waals surface area contributed by atoms with Gasteiger partial charge in [-0.05, 0) is 87.2 Å². The molecule has 104 heavy (non-hydrogen) atoms. The minimum atomic E-state index is -1.18. The number of aliphatic hydroxyl groups is 1. The van der Waals surface area contributed by atoms with E-state index in [1.165, 1.54) is 12.2 Å². The van der Waals surface area contributed by atoms with Crippen molar-refractivity contribution in [3.63, 3.8) is 0 Å². The van der Waals surface area contributed by atoms with Crippen LogP contribution in [0.5, 0.6) is 0 Å². The third-order valence-electron chi connectivity index (χ3n) is 22.6. The zero-order valence-corrected chi connectivity index (χ0v) is 61.2. The Hall–Kier alpha value is -5.42. The number of nitrogens with one attached hydrogen (secondary N) is 4. The Morgan fingerprint density at radius 1 is 0.673 bits per heavy atom. The first kappa shape index (κ1) is 79.6. The number of fused-ring (bicyclic) bond motifs is 6. The Morgan fingerprint density at radius 3 is 2.04 bits per heavy atom. The number of urea groups is 1. The van der Waals surface area contributed by atoms with Crippen LogP contribution in [0.3, 0.4) is 0 Å². The van der Waals surface area contributed by atoms with Crippen molar-refractivity contribution in [2.24, 2.45) is 23.5 Å². The van der Waals surface area contributed by atoms with E-state index in [1.54, 1.807) is 25.9 Å². The highest BCUT2D eigenvalue weighted by Crippen LogP contribution is 2.55. The van der Waals surface area contributed by atoms with E-state index < -0.39 is 102 Å². The molecule has 0 radical (unpaired) electrons. The molecule has 0 aromatic rings. The molecule has 2 unspecified atom stereocenters. The summed E-state index contributed by atoms with van der Waals surface area (Å²) in [7, 11) is 1.57. The van der Waals surface area contributed by atoms with Crippen molar-refractivity contribution >= 4 is 47.3 Å². The van der Waals surface area contributed by atoms with Crippen molar-refractivity contribution in [1.82, 2.24) is 36.0 Å². The number of carbonyl (C=O) groups excluding carboxylic acids is 8. The molecule has 12 bridgehead atoms. The second kappa shape index (κ2) is 37.6. The number of nitrogens with zero attached hydrogens (tertiary/aromatic N) is 3. The number of rotatable bonds is 21. The third kappa shape index (κ3) is 20.9. The van der Waals surface area contributed by atoms with Crippen LogP contribution in [0, 0.1) is 17.8 Å². The maximum Gasteiger partial charge on any atom is 0.312 e. The highest BCUT2D eigenvalue weighted by Gasteiger charge is 2.69. The molecule has 12 aliphatic rings. The number of methoxy groups -OCH3 is 1. The van der Waals surface area contributed by atoms with Crippen LogP contribution in [0.25, 0.3) is 0 Å². The first-order valence-corrected chi connectivity index (χ1v) is 38.2. The first-order valence-electron chi connectivity index (χ1n) is 38.2. The van der Waals surface area contributed by atoms with Gasteiger partial charge in [0.25, 0.3) is 11.8 Å². The molecule has 21 atom stereocenters. The molecule has 0 aromatic heterocycles. The SMILES string of the molecule is C=C1C[C@@H]2CC[C@@]34C[C@H]5OC6C(O[C@H]7CC[C@H](CC(=O)C[C@@H]8[C@@H](OC)[C@@H](C[C@H](O)CNC(=O)[C@H](CCCNC(N)=O)NC(=O)[C@@H](NC(=O)CCN9CCOCCOCCN(C(=O)CCCN%10C(=O)C=CC%10=O)CCOCCOCC9)C(C)C)O[C@H]8C[C@H]8O[C@@H](CC[C@@H]1O2)C[C@@H](C)C8=C)O[C@@H]7[C@@H]6O3)[C@H]5O4. The minimum Gasteiger partial charge on any atom is -0.391 e. The molecule has 11 saturated heterocycles. The van der Waals surface area contributed by atoms with E-state index in [-0.39, 0.29) is 182 Å². The van der Waals surface area contributed by atoms with E-state index in [9.17, 15) is 43.5 Å². The number of primary amides is 1. The van der Waals surface area contributed by atoms with Crippen molar-refractivity contribution in [1.29, 1.82) is 0 Å². The second-order valence-electron chi connectivity index (χ2n) is 30.4. The number of amides is 8. The fourth-order valence-electron chi connectivity index (χ4n) is 17.0. The van der Waals surface area contributed by atoms with Crippen LogP contribution < -0.4 is 27.0 Å². The van der Waals surface area contributed by atoms with Gasteiger partial charge in [-0.2, -0.15) is 0 Å². The molecule has 12 aliphatic heterocycles. The third-order valence-corrected chi connectivity index (χ3v) is 22.6. The average Bonchev–Trinajstić information content (AvgIpc) is 1.55. The fourth-order valence-corrected chi connectivity index (χ4v) is 17.0. The van der Waals surface area contributed by atoms with Gasteiger partial charge in [0.1, 0.15) is 48.4 Å². The lowest BCUT2D eigenvalue weighted by Gasteiger charge is -2.47. The Kier molecular flexibility index (Phi) is 28.8. The Bertz CT molecular complexity index is 2980. The van der Waals surface area contributed by atoms with Gasteiger partial charge in [0.05, 0.1) is 120 Å². The molecule has 7 N–H and O–H groups in total. The molecule has 8 amide bonds. The van der Waals surface area contributed by atoms with Crippen LogP contribution >= 0.6 is 0 Å². The van der Waals surface area contributed by atoms with Gasteiger partial charge in [-0.25, -0.2) is 4.79 Å². The summed E-state index contributed by atoms with van der Waals surface area (Å²) >= 11 is 0. The van der Waals surface area contributed by atoms with Crippen LogP contribution in [-0.2, 0) is 95.1 Å². The topological polar surface area (TPSA) is 361 Å². The molecule has 0 aliphatic carbocycles. The number of Topliss-reactive ketones (excluding diaryl/α,β-unsaturated/α-hetero) is 1. The summed E-state index contributed by atoms with van der Waals surface area (Å²) < 4.78 is 84.5. The van der Waals surface area contributed by atoms with Gasteiger partial charge in [-0.15, -0.1) is 0 Å². The molecule has 12 heterocycles. The van der Waals surface area contributed by atoms with Crippen molar-refractivity contribution in [3.8, 4) is 0 Å². The van der Waals surface area contributed by atoms with E-state index >= 15 is 0 Å². The van der Waals surface area contributed by atoms with Gasteiger partial charge in [0.15, 0.2) is 5.79 Å². The number of ether oxygens (including phenoxy) is 13. The summed E-state index contributed by atoms with van der Waals surface area (Å²) in [5, 5.41) is 23.0. The highest BCUT2D eigenvalue weighted by molar-refractivity contribution is 6.12. The summed E-state index contributed by atoms with van der Waals surface area (Å²) in [4.78, 5) is 111. The average molecular weight is 1470 g/mol. The molecular weight excluding hydrogens is 1350 g/mol. The highest BCUT2D eigenvalue weighted by atomic mass is 16.8. The van der Waals surface area contributed by atoms with Crippen molar-refractivity contribution in [3.05, 3.63) is 36.5 Å². The molecule has 0 saturated carbocycles. The Morgan fingerprint density at radius 2 is 1.34 bits per heavy atom. The van der Waals surface area contributed by atoms with Gasteiger partial charge >= 0.3 is 6.03 Å². The predicted molar refractivity (Wildman–Crippen MR) is 372 cm³/mol. The van der Waals surface area contributed by atoms with Crippen LogP contribution in [-0.4, -0.2) is 295 Å². The number of ketones is 1. The summed E-state index contributed by atoms with van der Waals surface area (Å²) in [5.74, 6) is -4.17. The fraction of sp³-hybridized carbons (Fsp3) is 0.811. The minimum absolute atomic E-state index is 0.0108. The molecule has 12 rings (SSSR count). The van der Waals surface area contributed by atoms with Crippen molar-refractivity contribution in [2.45, 2.75) is 252 Å². The summed E-state index contributed by atoms with van der Waals surface area (Å²) in [5.41, 5.74) is 7.38. The van der Waals surface area contributed by atoms with Crippen LogP contribution in [0.1, 0.15) is 136 Å². The van der Waals surface area contributed by atoms with E-state index in [2.05, 4.69) is 41.3 Å². The summed E-state index contributed by atoms with van der Waals surface area (Å²) in [6.07, 6.45) is 3.79. The first-order chi connectivity index (χ1) is 50.1. The van der Waals surface area contributed by atoms with Gasteiger partial charge in [0, 0.05) is 129 Å². The van der Waals surface area contributed by atoms with Gasteiger partial charge in [-0.3, -0.25) is 43.4 Å². The molecule has 0 aromatic carbocycles. The Balaban J connectivity index is 0.679. The second-order valence-corrected chi connectivity index (χ2v) is 30.4. The molecule has 30 nitrogen and oxygen atoms in total. The number of carbonyl (C=O) groups is 8. The van der Waals surface area contributed by atoms with Gasteiger partial charge < -0.3 is 98.6 Å². The number of nitrogens with two attached hydrogens (primary N) is 1. The van der Waals surface area contributed by atoms with Crippen LogP contribution in [0.4, 0.5) is 4.79 Å². The zero-order chi connectivity index (χ0) is 73.6. The van der Waals surface area contributed by atoms with Gasteiger partial charge in [0.2, 0.25) is 23.6 Å². The maximum absolute atomic E-state index is 14.7. The largest absolute Gasteiger partial charge is 0.391 e. The van der Waals surface area contributed by atoms with Crippen LogP contribution in [0.15, 0.2) is 36.5 Å². The van der Waals surface area contributed by atoms with Gasteiger partial charge in [-0.1, -0.05) is 33.9 Å². The van der Waals surface area contributed by atoms with Crippen molar-refractivity contribution in [2.75, 3.05) is 112 Å². The smallest absolute Gasteiger partial charge is 0.312 e.